The van der Waals surface area contributed by atoms with Crippen LogP contribution >= 0.6 is 0 Å². The molecule has 3 N–H and O–H groups in total. The van der Waals surface area contributed by atoms with Gasteiger partial charge < -0.3 is 15.8 Å². The summed E-state index contributed by atoms with van der Waals surface area (Å²) < 4.78 is 5.83. The minimum atomic E-state index is 0.331. The molecular weight excluding hydrogens is 252 g/mol. The molecule has 0 bridgehead atoms. The monoisotopic (exact) mass is 274 g/mol. The van der Waals surface area contributed by atoms with Crippen LogP contribution in [0.1, 0.15) is 36.9 Å². The second kappa shape index (κ2) is 7.22. The van der Waals surface area contributed by atoms with Gasteiger partial charge in [0.15, 0.2) is 0 Å². The van der Waals surface area contributed by atoms with Crippen LogP contribution in [-0.4, -0.2) is 30.3 Å². The average Bonchev–Trinajstić information content (AvgIpc) is 2.46. The van der Waals surface area contributed by atoms with E-state index in [4.69, 9.17) is 15.7 Å². The van der Waals surface area contributed by atoms with Gasteiger partial charge in [-0.15, -0.1) is 0 Å². The summed E-state index contributed by atoms with van der Waals surface area (Å²) in [5, 5.41) is 12.2. The maximum Gasteiger partial charge on any atom is 0.144 e. The molecule has 1 fully saturated rings. The predicted octanol–water partition coefficient (Wildman–Crippen LogP) is 1.96. The SMILES string of the molecule is Cc1ccc(C#N)c(NCCOC2CCC(N)CC2)n1. The van der Waals surface area contributed by atoms with Crippen molar-refractivity contribution < 1.29 is 4.74 Å². The number of hydrogen-bond acceptors (Lipinski definition) is 5. The first-order valence-corrected chi connectivity index (χ1v) is 7.18. The lowest BCUT2D eigenvalue weighted by molar-refractivity contribution is 0.0313. The van der Waals surface area contributed by atoms with Crippen LogP contribution in [0, 0.1) is 18.3 Å². The molecule has 1 saturated carbocycles. The van der Waals surface area contributed by atoms with Crippen LogP contribution in [0.2, 0.25) is 0 Å². The number of ether oxygens (including phenoxy) is 1. The molecule has 5 heteroatoms. The van der Waals surface area contributed by atoms with Gasteiger partial charge in [-0.3, -0.25) is 0 Å². The molecule has 0 spiro atoms. The molecular formula is C15H22N4O. The molecule has 1 aliphatic carbocycles. The van der Waals surface area contributed by atoms with Crippen molar-refractivity contribution in [3.8, 4) is 6.07 Å². The number of nitrogens with two attached hydrogens (primary N) is 1. The van der Waals surface area contributed by atoms with Crippen LogP contribution in [0.15, 0.2) is 12.1 Å². The summed E-state index contributed by atoms with van der Waals surface area (Å²) in [7, 11) is 0. The summed E-state index contributed by atoms with van der Waals surface area (Å²) in [4.78, 5) is 4.33. The number of aromatic nitrogens is 1. The first-order chi connectivity index (χ1) is 9.69. The average molecular weight is 274 g/mol. The van der Waals surface area contributed by atoms with Crippen molar-refractivity contribution in [2.24, 2.45) is 5.73 Å². The van der Waals surface area contributed by atoms with Crippen LogP contribution in [0.25, 0.3) is 0 Å². The van der Waals surface area contributed by atoms with E-state index in [0.29, 0.717) is 36.7 Å². The van der Waals surface area contributed by atoms with Crippen LogP contribution in [0.5, 0.6) is 0 Å². The lowest BCUT2D eigenvalue weighted by Gasteiger charge is -2.26. The van der Waals surface area contributed by atoms with Crippen LogP contribution in [0.3, 0.4) is 0 Å². The Hall–Kier alpha value is -1.64. The highest BCUT2D eigenvalue weighted by Gasteiger charge is 2.18. The molecule has 2 rings (SSSR count). The first-order valence-electron chi connectivity index (χ1n) is 7.18. The number of aryl methyl sites for hydroxylation is 1. The second-order valence-electron chi connectivity index (χ2n) is 5.29. The number of hydrogen-bond donors (Lipinski definition) is 2. The van der Waals surface area contributed by atoms with Crippen molar-refractivity contribution in [2.75, 3.05) is 18.5 Å². The first kappa shape index (κ1) is 14.8. The molecule has 1 aromatic rings. The normalized spacial score (nSPS) is 22.2. The predicted molar refractivity (Wildman–Crippen MR) is 78.4 cm³/mol. The quantitative estimate of drug-likeness (QED) is 0.802. The number of pyridine rings is 1. The molecule has 0 aromatic carbocycles. The van der Waals surface area contributed by atoms with Crippen molar-refractivity contribution >= 4 is 5.82 Å². The zero-order valence-electron chi connectivity index (χ0n) is 11.9. The number of anilines is 1. The molecule has 0 radical (unpaired) electrons. The summed E-state index contributed by atoms with van der Waals surface area (Å²) >= 11 is 0. The molecule has 1 heterocycles. The van der Waals surface area contributed by atoms with Crippen molar-refractivity contribution in [3.05, 3.63) is 23.4 Å². The summed E-state index contributed by atoms with van der Waals surface area (Å²) in [5.41, 5.74) is 7.33. The van der Waals surface area contributed by atoms with E-state index in [1.807, 2.05) is 13.0 Å². The van der Waals surface area contributed by atoms with Crippen molar-refractivity contribution in [2.45, 2.75) is 44.8 Å². The van der Waals surface area contributed by atoms with E-state index in [-0.39, 0.29) is 0 Å². The molecule has 1 aliphatic rings. The fourth-order valence-corrected chi connectivity index (χ4v) is 2.43. The highest BCUT2D eigenvalue weighted by molar-refractivity contribution is 5.52. The summed E-state index contributed by atoms with van der Waals surface area (Å²) in [5.74, 6) is 0.641. The second-order valence-corrected chi connectivity index (χ2v) is 5.29. The van der Waals surface area contributed by atoms with E-state index < -0.39 is 0 Å². The molecule has 0 saturated heterocycles. The van der Waals surface area contributed by atoms with Gasteiger partial charge in [0.1, 0.15) is 11.9 Å². The van der Waals surface area contributed by atoms with E-state index in [1.54, 1.807) is 6.07 Å². The third-order valence-electron chi connectivity index (χ3n) is 3.62. The lowest BCUT2D eigenvalue weighted by Crippen LogP contribution is -2.31. The third kappa shape index (κ3) is 4.19. The minimum absolute atomic E-state index is 0.331. The van der Waals surface area contributed by atoms with Gasteiger partial charge in [0.2, 0.25) is 0 Å². The zero-order valence-corrected chi connectivity index (χ0v) is 11.9. The topological polar surface area (TPSA) is 84.0 Å². The molecule has 1 aromatic heterocycles. The fourth-order valence-electron chi connectivity index (χ4n) is 2.43. The van der Waals surface area contributed by atoms with Gasteiger partial charge in [-0.1, -0.05) is 0 Å². The van der Waals surface area contributed by atoms with Crippen LogP contribution in [0.4, 0.5) is 5.82 Å². The largest absolute Gasteiger partial charge is 0.376 e. The molecule has 20 heavy (non-hydrogen) atoms. The molecule has 0 amide bonds. The number of nitriles is 1. The van der Waals surface area contributed by atoms with Crippen molar-refractivity contribution in [3.63, 3.8) is 0 Å². The summed E-state index contributed by atoms with van der Waals surface area (Å²) in [6.45, 7) is 3.20. The van der Waals surface area contributed by atoms with Crippen molar-refractivity contribution in [1.82, 2.24) is 4.98 Å². The Morgan fingerprint density at radius 2 is 2.15 bits per heavy atom. The third-order valence-corrected chi connectivity index (χ3v) is 3.62. The van der Waals surface area contributed by atoms with E-state index >= 15 is 0 Å². The molecule has 108 valence electrons. The lowest BCUT2D eigenvalue weighted by atomic mass is 9.94. The Morgan fingerprint density at radius 1 is 1.40 bits per heavy atom. The van der Waals surface area contributed by atoms with E-state index in [2.05, 4.69) is 16.4 Å². The van der Waals surface area contributed by atoms with Gasteiger partial charge >= 0.3 is 0 Å². The number of nitrogens with zero attached hydrogens (tertiary/aromatic N) is 2. The zero-order chi connectivity index (χ0) is 14.4. The molecule has 0 atom stereocenters. The van der Waals surface area contributed by atoms with E-state index in [0.717, 1.165) is 31.4 Å². The van der Waals surface area contributed by atoms with Crippen molar-refractivity contribution in [1.29, 1.82) is 5.26 Å². The summed E-state index contributed by atoms with van der Waals surface area (Å²) in [6.07, 6.45) is 4.53. The molecule has 0 aliphatic heterocycles. The fraction of sp³-hybridized carbons (Fsp3) is 0.600. The van der Waals surface area contributed by atoms with Gasteiger partial charge in [-0.2, -0.15) is 5.26 Å². The standard InChI is InChI=1S/C15H22N4O/c1-11-2-3-12(10-16)15(19-11)18-8-9-20-14-6-4-13(17)5-7-14/h2-3,13-14H,4-9,17H2,1H3,(H,18,19). The Labute approximate surface area is 120 Å². The van der Waals surface area contributed by atoms with Gasteiger partial charge in [-0.25, -0.2) is 4.98 Å². The van der Waals surface area contributed by atoms with Gasteiger partial charge in [0, 0.05) is 18.3 Å². The highest BCUT2D eigenvalue weighted by atomic mass is 16.5. The van der Waals surface area contributed by atoms with E-state index in [9.17, 15) is 0 Å². The Kier molecular flexibility index (Phi) is 5.33. The van der Waals surface area contributed by atoms with Gasteiger partial charge in [0.25, 0.3) is 0 Å². The van der Waals surface area contributed by atoms with E-state index in [1.165, 1.54) is 0 Å². The number of rotatable bonds is 5. The maximum absolute atomic E-state index is 9.02. The Morgan fingerprint density at radius 3 is 2.85 bits per heavy atom. The molecule has 0 unspecified atom stereocenters. The smallest absolute Gasteiger partial charge is 0.144 e. The van der Waals surface area contributed by atoms with Gasteiger partial charge in [-0.05, 0) is 44.7 Å². The number of nitrogens with one attached hydrogen (secondary N) is 1. The summed E-state index contributed by atoms with van der Waals surface area (Å²) in [6, 6.07) is 6.11. The minimum Gasteiger partial charge on any atom is -0.376 e. The Balaban J connectivity index is 1.73. The maximum atomic E-state index is 9.02. The van der Waals surface area contributed by atoms with Crippen LogP contribution in [-0.2, 0) is 4.74 Å². The van der Waals surface area contributed by atoms with Crippen LogP contribution < -0.4 is 11.1 Å². The highest BCUT2D eigenvalue weighted by Crippen LogP contribution is 2.19. The molecule has 5 nitrogen and oxygen atoms in total. The van der Waals surface area contributed by atoms with Gasteiger partial charge in [0.05, 0.1) is 18.3 Å². The Bertz CT molecular complexity index is 475.